The van der Waals surface area contributed by atoms with E-state index in [2.05, 4.69) is 11.2 Å². The van der Waals surface area contributed by atoms with Crippen LogP contribution in [0.15, 0.2) is 23.4 Å². The van der Waals surface area contributed by atoms with Crippen molar-refractivity contribution >= 4 is 17.3 Å². The molecule has 3 nitrogen and oxygen atoms in total. The highest BCUT2D eigenvalue weighted by Gasteiger charge is 2.22. The molecule has 4 heteroatoms. The molecule has 0 fully saturated rings. The van der Waals surface area contributed by atoms with Crippen LogP contribution < -0.4 is 4.74 Å². The van der Waals surface area contributed by atoms with Gasteiger partial charge in [0.25, 0.3) is 0 Å². The van der Waals surface area contributed by atoms with Gasteiger partial charge in [-0.1, -0.05) is 5.16 Å². The first-order chi connectivity index (χ1) is 7.86. The van der Waals surface area contributed by atoms with E-state index in [0.717, 1.165) is 36.5 Å². The number of rotatable bonds is 2. The van der Waals surface area contributed by atoms with E-state index in [1.54, 1.807) is 0 Å². The maximum absolute atomic E-state index is 5.74. The first-order valence-electron chi connectivity index (χ1n) is 5.41. The van der Waals surface area contributed by atoms with E-state index in [0.29, 0.717) is 5.88 Å². The van der Waals surface area contributed by atoms with Gasteiger partial charge in [-0.05, 0) is 29.3 Å². The minimum atomic E-state index is 0.0289. The lowest BCUT2D eigenvalue weighted by Crippen LogP contribution is -2.09. The van der Waals surface area contributed by atoms with E-state index >= 15 is 0 Å². The number of ether oxygens (including phenoxy) is 1. The molecule has 0 saturated heterocycles. The number of hydrogen-bond donors (Lipinski definition) is 0. The fourth-order valence-corrected chi connectivity index (χ4v) is 2.21. The van der Waals surface area contributed by atoms with Crippen molar-refractivity contribution in [3.8, 4) is 5.75 Å². The summed E-state index contributed by atoms with van der Waals surface area (Å²) in [5.41, 5.74) is 3.37. The van der Waals surface area contributed by atoms with E-state index in [-0.39, 0.29) is 6.10 Å². The van der Waals surface area contributed by atoms with E-state index in [1.165, 1.54) is 5.56 Å². The normalized spacial score (nSPS) is 22.3. The second-order valence-electron chi connectivity index (χ2n) is 4.04. The average Bonchev–Trinajstić information content (AvgIpc) is 2.96. The third-order valence-electron chi connectivity index (χ3n) is 2.93. The fourth-order valence-electron chi connectivity index (χ4n) is 2.05. The molecule has 0 saturated carbocycles. The van der Waals surface area contributed by atoms with E-state index in [1.807, 2.05) is 12.1 Å². The Hall–Kier alpha value is -1.22. The summed E-state index contributed by atoms with van der Waals surface area (Å²) < 4.78 is 5.47. The Kier molecular flexibility index (Phi) is 2.48. The molecule has 0 aromatic heterocycles. The number of oxime groups is 1. The molecular weight excluding hydrogens is 226 g/mol. The Balaban J connectivity index is 1.85. The highest BCUT2D eigenvalue weighted by atomic mass is 35.5. The van der Waals surface area contributed by atoms with Crippen LogP contribution in [0.1, 0.15) is 17.5 Å². The monoisotopic (exact) mass is 237 g/mol. The van der Waals surface area contributed by atoms with Crippen molar-refractivity contribution in [2.24, 2.45) is 5.16 Å². The average molecular weight is 238 g/mol. The van der Waals surface area contributed by atoms with Gasteiger partial charge in [0.1, 0.15) is 11.9 Å². The van der Waals surface area contributed by atoms with Crippen LogP contribution in [-0.2, 0) is 11.3 Å². The zero-order chi connectivity index (χ0) is 11.0. The Morgan fingerprint density at radius 1 is 1.44 bits per heavy atom. The quantitative estimate of drug-likeness (QED) is 0.740. The molecule has 0 radical (unpaired) electrons. The smallest absolute Gasteiger partial charge is 0.146 e. The Morgan fingerprint density at radius 3 is 3.19 bits per heavy atom. The number of alkyl halides is 1. The number of nitrogens with zero attached hydrogens (tertiary/aromatic N) is 1. The summed E-state index contributed by atoms with van der Waals surface area (Å²) in [7, 11) is 0. The third kappa shape index (κ3) is 1.65. The fraction of sp³-hybridized carbons (Fsp3) is 0.417. The molecule has 0 spiro atoms. The van der Waals surface area contributed by atoms with Gasteiger partial charge in [0.2, 0.25) is 0 Å². The summed E-state index contributed by atoms with van der Waals surface area (Å²) in [6, 6.07) is 6.18. The van der Waals surface area contributed by atoms with E-state index in [4.69, 9.17) is 21.2 Å². The molecule has 1 aromatic carbocycles. The molecule has 1 aromatic rings. The van der Waals surface area contributed by atoms with Crippen LogP contribution in [0.2, 0.25) is 0 Å². The standard InChI is InChI=1S/C12H12ClNO2/c13-7-10-6-11(14-16-10)8-1-2-12-9(5-8)3-4-15-12/h1-2,5,10H,3-4,6-7H2. The molecule has 0 amide bonds. The zero-order valence-electron chi connectivity index (χ0n) is 8.78. The second-order valence-corrected chi connectivity index (χ2v) is 4.35. The number of benzene rings is 1. The summed E-state index contributed by atoms with van der Waals surface area (Å²) in [4.78, 5) is 5.21. The predicted molar refractivity (Wildman–Crippen MR) is 62.4 cm³/mol. The lowest BCUT2D eigenvalue weighted by molar-refractivity contribution is 0.102. The van der Waals surface area contributed by atoms with Gasteiger partial charge in [-0.25, -0.2) is 0 Å². The SMILES string of the molecule is ClCC1CC(c2ccc3c(c2)CCO3)=NO1. The lowest BCUT2D eigenvalue weighted by atomic mass is 10.0. The molecule has 0 bridgehead atoms. The van der Waals surface area contributed by atoms with Crippen molar-refractivity contribution in [1.29, 1.82) is 0 Å². The lowest BCUT2D eigenvalue weighted by Gasteiger charge is -2.03. The van der Waals surface area contributed by atoms with Crippen LogP contribution in [-0.4, -0.2) is 24.3 Å². The van der Waals surface area contributed by atoms with Crippen LogP contribution >= 0.6 is 11.6 Å². The molecule has 2 heterocycles. The van der Waals surface area contributed by atoms with Gasteiger partial charge in [0.15, 0.2) is 0 Å². The van der Waals surface area contributed by atoms with Crippen molar-refractivity contribution in [3.63, 3.8) is 0 Å². The summed E-state index contributed by atoms with van der Waals surface area (Å²) in [5, 5.41) is 4.08. The maximum Gasteiger partial charge on any atom is 0.146 e. The molecular formula is C12H12ClNO2. The molecule has 2 aliphatic rings. The zero-order valence-corrected chi connectivity index (χ0v) is 9.54. The maximum atomic E-state index is 5.74. The summed E-state index contributed by atoms with van der Waals surface area (Å²) in [6.45, 7) is 0.784. The van der Waals surface area contributed by atoms with Gasteiger partial charge in [0.05, 0.1) is 18.2 Å². The van der Waals surface area contributed by atoms with E-state index in [9.17, 15) is 0 Å². The Bertz CT molecular complexity index is 445. The van der Waals surface area contributed by atoms with Crippen LogP contribution in [0.5, 0.6) is 5.75 Å². The summed E-state index contributed by atoms with van der Waals surface area (Å²) in [5.74, 6) is 1.48. The van der Waals surface area contributed by atoms with Gasteiger partial charge in [-0.2, -0.15) is 0 Å². The first-order valence-corrected chi connectivity index (χ1v) is 5.95. The first kappa shape index (κ1) is 9.97. The Labute approximate surface area is 99.0 Å². The molecule has 2 aliphatic heterocycles. The topological polar surface area (TPSA) is 30.8 Å². The Morgan fingerprint density at radius 2 is 2.38 bits per heavy atom. The van der Waals surface area contributed by atoms with Crippen LogP contribution in [0.3, 0.4) is 0 Å². The highest BCUT2D eigenvalue weighted by Crippen LogP contribution is 2.27. The van der Waals surface area contributed by atoms with Gasteiger partial charge >= 0.3 is 0 Å². The van der Waals surface area contributed by atoms with Gasteiger partial charge in [-0.15, -0.1) is 11.6 Å². The number of hydrogen-bond acceptors (Lipinski definition) is 3. The van der Waals surface area contributed by atoms with Gasteiger partial charge < -0.3 is 9.57 Å². The molecule has 84 valence electrons. The molecule has 0 aliphatic carbocycles. The third-order valence-corrected chi connectivity index (χ3v) is 3.27. The second kappa shape index (κ2) is 3.98. The molecule has 16 heavy (non-hydrogen) atoms. The number of fused-ring (bicyclic) bond motifs is 1. The summed E-state index contributed by atoms with van der Waals surface area (Å²) in [6.07, 6.45) is 1.81. The minimum absolute atomic E-state index is 0.0289. The predicted octanol–water partition coefficient (Wildman–Crippen LogP) is 2.35. The van der Waals surface area contributed by atoms with Crippen molar-refractivity contribution in [1.82, 2.24) is 0 Å². The van der Waals surface area contributed by atoms with Crippen LogP contribution in [0.4, 0.5) is 0 Å². The molecule has 3 rings (SSSR count). The largest absolute Gasteiger partial charge is 0.493 e. The summed E-state index contributed by atoms with van der Waals surface area (Å²) >= 11 is 5.74. The van der Waals surface area contributed by atoms with Crippen molar-refractivity contribution < 1.29 is 9.57 Å². The molecule has 1 atom stereocenters. The van der Waals surface area contributed by atoms with E-state index < -0.39 is 0 Å². The molecule has 0 N–H and O–H groups in total. The molecule has 1 unspecified atom stereocenters. The van der Waals surface area contributed by atoms with Crippen molar-refractivity contribution in [2.75, 3.05) is 12.5 Å². The van der Waals surface area contributed by atoms with Gasteiger partial charge in [0, 0.05) is 12.8 Å². The highest BCUT2D eigenvalue weighted by molar-refractivity contribution is 6.18. The van der Waals surface area contributed by atoms with Gasteiger partial charge in [-0.3, -0.25) is 0 Å². The van der Waals surface area contributed by atoms with Crippen LogP contribution in [0.25, 0.3) is 0 Å². The van der Waals surface area contributed by atoms with Crippen molar-refractivity contribution in [2.45, 2.75) is 18.9 Å². The number of halogens is 1. The minimum Gasteiger partial charge on any atom is -0.493 e. The van der Waals surface area contributed by atoms with Crippen LogP contribution in [0, 0.1) is 0 Å². The van der Waals surface area contributed by atoms with Crippen molar-refractivity contribution in [3.05, 3.63) is 29.3 Å².